The van der Waals surface area contributed by atoms with Crippen molar-refractivity contribution in [3.05, 3.63) is 12.7 Å². The molecule has 1 aliphatic rings. The maximum absolute atomic E-state index is 11.7. The second-order valence-corrected chi connectivity index (χ2v) is 3.78. The smallest absolute Gasteiger partial charge is 0.317 e. The molecule has 2 amide bonds. The van der Waals surface area contributed by atoms with E-state index < -0.39 is 0 Å². The Labute approximate surface area is 96.1 Å². The summed E-state index contributed by atoms with van der Waals surface area (Å²) in [6.45, 7) is 5.62. The second kappa shape index (κ2) is 7.24. The van der Waals surface area contributed by atoms with Crippen molar-refractivity contribution in [3.8, 4) is 0 Å². The van der Waals surface area contributed by atoms with Gasteiger partial charge in [-0.3, -0.25) is 0 Å². The normalized spacial score (nSPS) is 19.4. The van der Waals surface area contributed by atoms with Crippen LogP contribution in [0.4, 0.5) is 4.79 Å². The zero-order valence-electron chi connectivity index (χ0n) is 9.52. The third kappa shape index (κ3) is 4.20. The molecule has 1 atom stereocenters. The summed E-state index contributed by atoms with van der Waals surface area (Å²) >= 11 is 0. The molecule has 0 radical (unpaired) electrons. The maximum Gasteiger partial charge on any atom is 0.317 e. The predicted octanol–water partition coefficient (Wildman–Crippen LogP) is 0.355. The summed E-state index contributed by atoms with van der Waals surface area (Å²) in [6.07, 6.45) is 3.85. The molecule has 0 aromatic carbocycles. The van der Waals surface area contributed by atoms with Crippen LogP contribution >= 0.6 is 0 Å². The van der Waals surface area contributed by atoms with Gasteiger partial charge in [0, 0.05) is 26.2 Å². The van der Waals surface area contributed by atoms with Gasteiger partial charge < -0.3 is 20.1 Å². The molecular weight excluding hydrogens is 208 g/mol. The van der Waals surface area contributed by atoms with Crippen LogP contribution in [-0.2, 0) is 4.74 Å². The molecule has 1 saturated heterocycles. The molecular formula is C11H20N2O3. The highest BCUT2D eigenvalue weighted by Crippen LogP contribution is 2.10. The lowest BCUT2D eigenvalue weighted by atomic mass is 10.2. The third-order valence-electron chi connectivity index (χ3n) is 2.51. The summed E-state index contributed by atoms with van der Waals surface area (Å²) in [7, 11) is 0. The molecule has 0 bridgehead atoms. The van der Waals surface area contributed by atoms with Crippen molar-refractivity contribution in [2.45, 2.75) is 18.9 Å². The first kappa shape index (κ1) is 13.0. The van der Waals surface area contributed by atoms with Crippen molar-refractivity contribution in [3.63, 3.8) is 0 Å². The number of amides is 2. The number of urea groups is 1. The van der Waals surface area contributed by atoms with Crippen LogP contribution in [0, 0.1) is 0 Å². The quantitative estimate of drug-likeness (QED) is 0.645. The van der Waals surface area contributed by atoms with Crippen LogP contribution in [0.2, 0.25) is 0 Å². The van der Waals surface area contributed by atoms with Crippen LogP contribution in [0.3, 0.4) is 0 Å². The molecule has 0 aromatic rings. The molecule has 0 aromatic heterocycles. The number of carbonyl (C=O) groups is 1. The molecule has 0 spiro atoms. The molecule has 1 aliphatic heterocycles. The van der Waals surface area contributed by atoms with Crippen LogP contribution in [0.5, 0.6) is 0 Å². The van der Waals surface area contributed by atoms with Gasteiger partial charge in [-0.05, 0) is 12.8 Å². The van der Waals surface area contributed by atoms with E-state index in [-0.39, 0.29) is 18.7 Å². The van der Waals surface area contributed by atoms with E-state index in [0.29, 0.717) is 19.6 Å². The van der Waals surface area contributed by atoms with Crippen LogP contribution in [0.1, 0.15) is 12.8 Å². The summed E-state index contributed by atoms with van der Waals surface area (Å²) in [4.78, 5) is 13.2. The van der Waals surface area contributed by atoms with Crippen molar-refractivity contribution < 1.29 is 14.6 Å². The Morgan fingerprint density at radius 2 is 2.50 bits per heavy atom. The average molecular weight is 228 g/mol. The van der Waals surface area contributed by atoms with Gasteiger partial charge in [-0.2, -0.15) is 0 Å². The molecule has 1 rings (SSSR count). The van der Waals surface area contributed by atoms with Gasteiger partial charge in [0.15, 0.2) is 0 Å². The number of aliphatic hydroxyl groups is 1. The molecule has 0 aliphatic carbocycles. The number of nitrogens with zero attached hydrogens (tertiary/aromatic N) is 1. The Morgan fingerprint density at radius 3 is 3.06 bits per heavy atom. The fraction of sp³-hybridized carbons (Fsp3) is 0.727. The van der Waals surface area contributed by atoms with Crippen LogP contribution in [0.25, 0.3) is 0 Å². The summed E-state index contributed by atoms with van der Waals surface area (Å²) < 4.78 is 5.40. The van der Waals surface area contributed by atoms with Crippen molar-refractivity contribution >= 4 is 6.03 Å². The lowest BCUT2D eigenvalue weighted by Gasteiger charge is -2.21. The summed E-state index contributed by atoms with van der Waals surface area (Å²) in [5, 5.41) is 11.6. The number of hydrogen-bond donors (Lipinski definition) is 2. The zero-order chi connectivity index (χ0) is 11.8. The first-order chi connectivity index (χ1) is 7.77. The first-order valence-corrected chi connectivity index (χ1v) is 5.64. The number of carbonyl (C=O) groups excluding carboxylic acids is 1. The van der Waals surface area contributed by atoms with E-state index in [1.54, 1.807) is 6.08 Å². The number of nitrogens with one attached hydrogen (secondary N) is 1. The molecule has 1 fully saturated rings. The van der Waals surface area contributed by atoms with Crippen molar-refractivity contribution in [2.75, 3.05) is 32.8 Å². The van der Waals surface area contributed by atoms with Gasteiger partial charge in [-0.1, -0.05) is 6.08 Å². The van der Waals surface area contributed by atoms with Crippen molar-refractivity contribution in [1.82, 2.24) is 10.2 Å². The third-order valence-corrected chi connectivity index (χ3v) is 2.51. The second-order valence-electron chi connectivity index (χ2n) is 3.78. The van der Waals surface area contributed by atoms with Crippen molar-refractivity contribution in [1.29, 1.82) is 0 Å². The molecule has 0 saturated carbocycles. The zero-order valence-corrected chi connectivity index (χ0v) is 9.52. The van der Waals surface area contributed by atoms with E-state index >= 15 is 0 Å². The Morgan fingerprint density at radius 1 is 1.69 bits per heavy atom. The molecule has 16 heavy (non-hydrogen) atoms. The monoisotopic (exact) mass is 228 g/mol. The van der Waals surface area contributed by atoms with Gasteiger partial charge in [-0.25, -0.2) is 4.79 Å². The van der Waals surface area contributed by atoms with Crippen LogP contribution in [-0.4, -0.2) is 55.0 Å². The Hall–Kier alpha value is -1.07. The average Bonchev–Trinajstić information content (AvgIpc) is 2.78. The maximum atomic E-state index is 11.7. The minimum absolute atomic E-state index is 0.0405. The summed E-state index contributed by atoms with van der Waals surface area (Å²) in [6, 6.07) is -0.176. The topological polar surface area (TPSA) is 61.8 Å². The predicted molar refractivity (Wildman–Crippen MR) is 61.2 cm³/mol. The van der Waals surface area contributed by atoms with Crippen LogP contribution < -0.4 is 5.32 Å². The highest BCUT2D eigenvalue weighted by atomic mass is 16.5. The van der Waals surface area contributed by atoms with Gasteiger partial charge in [0.2, 0.25) is 0 Å². The Balaban J connectivity index is 2.26. The summed E-state index contributed by atoms with van der Waals surface area (Å²) in [5.74, 6) is 0. The Kier molecular flexibility index (Phi) is 5.88. The largest absolute Gasteiger partial charge is 0.395 e. The minimum Gasteiger partial charge on any atom is -0.395 e. The minimum atomic E-state index is -0.176. The van der Waals surface area contributed by atoms with E-state index in [4.69, 9.17) is 9.84 Å². The lowest BCUT2D eigenvalue weighted by Crippen LogP contribution is -2.44. The van der Waals surface area contributed by atoms with E-state index in [1.807, 2.05) is 0 Å². The van der Waals surface area contributed by atoms with Crippen molar-refractivity contribution in [2.24, 2.45) is 0 Å². The summed E-state index contributed by atoms with van der Waals surface area (Å²) in [5.41, 5.74) is 0. The number of rotatable bonds is 6. The first-order valence-electron chi connectivity index (χ1n) is 5.64. The van der Waals surface area contributed by atoms with E-state index in [2.05, 4.69) is 11.9 Å². The highest BCUT2D eigenvalue weighted by molar-refractivity contribution is 5.74. The van der Waals surface area contributed by atoms with Gasteiger partial charge in [0.25, 0.3) is 0 Å². The fourth-order valence-electron chi connectivity index (χ4n) is 1.67. The van der Waals surface area contributed by atoms with Gasteiger partial charge in [0.05, 0.1) is 12.7 Å². The molecule has 5 nitrogen and oxygen atoms in total. The molecule has 2 N–H and O–H groups in total. The van der Waals surface area contributed by atoms with Crippen LogP contribution in [0.15, 0.2) is 12.7 Å². The molecule has 1 heterocycles. The number of ether oxygens (including phenoxy) is 1. The van der Waals surface area contributed by atoms with E-state index in [9.17, 15) is 4.79 Å². The highest BCUT2D eigenvalue weighted by Gasteiger charge is 2.17. The van der Waals surface area contributed by atoms with Gasteiger partial charge in [0.1, 0.15) is 0 Å². The molecule has 1 unspecified atom stereocenters. The lowest BCUT2D eigenvalue weighted by molar-refractivity contribution is 0.108. The van der Waals surface area contributed by atoms with Gasteiger partial charge in [-0.15, -0.1) is 6.58 Å². The Bertz CT molecular complexity index is 227. The molecule has 5 heteroatoms. The SMILES string of the molecule is C=CCN(CCO)C(=O)NCC1CCCO1. The number of aliphatic hydroxyl groups excluding tert-OH is 1. The van der Waals surface area contributed by atoms with E-state index in [1.165, 1.54) is 4.90 Å². The number of hydrogen-bond acceptors (Lipinski definition) is 3. The molecule has 92 valence electrons. The standard InChI is InChI=1S/C11H20N2O3/c1-2-5-13(6-7-14)11(15)12-9-10-4-3-8-16-10/h2,10,14H,1,3-9H2,(H,12,15). The fourth-order valence-corrected chi connectivity index (χ4v) is 1.67. The van der Waals surface area contributed by atoms with Gasteiger partial charge >= 0.3 is 6.03 Å². The van der Waals surface area contributed by atoms with E-state index in [0.717, 1.165) is 19.4 Å².